The van der Waals surface area contributed by atoms with Crippen molar-refractivity contribution < 1.29 is 5.11 Å². The first-order valence-electron chi connectivity index (χ1n) is 8.10. The SMILES string of the molecule is CCc1cccc(CC)c1N=Cc1c(O)ccc2ccccc12. The summed E-state index contributed by atoms with van der Waals surface area (Å²) in [4.78, 5) is 4.74. The van der Waals surface area contributed by atoms with E-state index < -0.39 is 0 Å². The Labute approximate surface area is 137 Å². The van der Waals surface area contributed by atoms with Crippen LogP contribution in [0.25, 0.3) is 10.8 Å². The maximum atomic E-state index is 10.2. The monoisotopic (exact) mass is 303 g/mol. The van der Waals surface area contributed by atoms with Crippen LogP contribution < -0.4 is 0 Å². The second kappa shape index (κ2) is 6.66. The number of hydrogen-bond donors (Lipinski definition) is 1. The number of benzene rings is 3. The minimum Gasteiger partial charge on any atom is -0.507 e. The standard InChI is InChI=1S/C21H21NO/c1-3-15-9-7-10-16(4-2)21(15)22-14-19-18-11-6-5-8-17(18)12-13-20(19)23/h5-14,23H,3-4H2,1-2H3. The molecule has 0 aliphatic rings. The van der Waals surface area contributed by atoms with Gasteiger partial charge in [0.2, 0.25) is 0 Å². The smallest absolute Gasteiger partial charge is 0.124 e. The summed E-state index contributed by atoms with van der Waals surface area (Å²) in [6, 6.07) is 18.0. The number of hydrogen-bond acceptors (Lipinski definition) is 2. The van der Waals surface area contributed by atoms with Crippen LogP contribution in [0.4, 0.5) is 5.69 Å². The minimum atomic E-state index is 0.263. The summed E-state index contributed by atoms with van der Waals surface area (Å²) in [6.07, 6.45) is 3.69. The van der Waals surface area contributed by atoms with E-state index in [2.05, 4.69) is 32.0 Å². The number of phenolic OH excluding ortho intramolecular Hbond substituents is 1. The predicted octanol–water partition coefficient (Wildman–Crippen LogP) is 5.42. The van der Waals surface area contributed by atoms with Gasteiger partial charge in [0.05, 0.1) is 5.69 Å². The number of fused-ring (bicyclic) bond motifs is 1. The number of rotatable bonds is 4. The molecule has 0 heterocycles. The molecule has 0 amide bonds. The van der Waals surface area contributed by atoms with Crippen LogP contribution in [0.2, 0.25) is 0 Å². The van der Waals surface area contributed by atoms with Crippen molar-refractivity contribution in [1.29, 1.82) is 0 Å². The Kier molecular flexibility index (Phi) is 4.42. The van der Waals surface area contributed by atoms with E-state index in [0.717, 1.165) is 34.9 Å². The highest BCUT2D eigenvalue weighted by molar-refractivity contribution is 6.03. The largest absolute Gasteiger partial charge is 0.507 e. The lowest BCUT2D eigenvalue weighted by atomic mass is 10.0. The first kappa shape index (κ1) is 15.3. The molecule has 23 heavy (non-hydrogen) atoms. The summed E-state index contributed by atoms with van der Waals surface area (Å²) >= 11 is 0. The van der Waals surface area contributed by atoms with Crippen LogP contribution in [0.15, 0.2) is 59.6 Å². The zero-order valence-corrected chi connectivity index (χ0v) is 13.6. The Morgan fingerprint density at radius 1 is 0.870 bits per heavy atom. The van der Waals surface area contributed by atoms with Crippen LogP contribution in [-0.4, -0.2) is 11.3 Å². The van der Waals surface area contributed by atoms with Crippen molar-refractivity contribution in [2.24, 2.45) is 4.99 Å². The third-order valence-corrected chi connectivity index (χ3v) is 4.24. The van der Waals surface area contributed by atoms with E-state index in [1.807, 2.05) is 30.3 Å². The molecule has 3 aromatic carbocycles. The molecule has 0 aliphatic heterocycles. The molecule has 0 aromatic heterocycles. The number of phenols is 1. The van der Waals surface area contributed by atoms with Gasteiger partial charge in [-0.2, -0.15) is 0 Å². The van der Waals surface area contributed by atoms with Gasteiger partial charge in [0.15, 0.2) is 0 Å². The second-order valence-corrected chi connectivity index (χ2v) is 5.61. The molecule has 0 spiro atoms. The topological polar surface area (TPSA) is 32.6 Å². The van der Waals surface area contributed by atoms with Crippen LogP contribution in [0.5, 0.6) is 5.75 Å². The highest BCUT2D eigenvalue weighted by Gasteiger charge is 2.07. The Morgan fingerprint density at radius 2 is 1.57 bits per heavy atom. The summed E-state index contributed by atoms with van der Waals surface area (Å²) in [5.74, 6) is 0.263. The van der Waals surface area contributed by atoms with Gasteiger partial charge >= 0.3 is 0 Å². The van der Waals surface area contributed by atoms with Gasteiger partial charge in [-0.15, -0.1) is 0 Å². The average Bonchev–Trinajstić information content (AvgIpc) is 2.60. The van der Waals surface area contributed by atoms with Crippen molar-refractivity contribution >= 4 is 22.7 Å². The molecular formula is C21H21NO. The van der Waals surface area contributed by atoms with Gasteiger partial charge in [0.25, 0.3) is 0 Å². The Morgan fingerprint density at radius 3 is 2.26 bits per heavy atom. The molecule has 0 saturated carbocycles. The van der Waals surface area contributed by atoms with Crippen molar-refractivity contribution in [3.63, 3.8) is 0 Å². The normalized spacial score (nSPS) is 11.4. The summed E-state index contributed by atoms with van der Waals surface area (Å²) in [6.45, 7) is 4.28. The lowest BCUT2D eigenvalue weighted by molar-refractivity contribution is 0.475. The van der Waals surface area contributed by atoms with Gasteiger partial charge in [0.1, 0.15) is 5.75 Å². The minimum absolute atomic E-state index is 0.263. The summed E-state index contributed by atoms with van der Waals surface area (Å²) in [5, 5.41) is 12.4. The zero-order chi connectivity index (χ0) is 16.2. The van der Waals surface area contributed by atoms with Crippen LogP contribution in [0.3, 0.4) is 0 Å². The maximum Gasteiger partial charge on any atom is 0.124 e. The first-order valence-corrected chi connectivity index (χ1v) is 8.10. The van der Waals surface area contributed by atoms with Crippen molar-refractivity contribution in [1.82, 2.24) is 0 Å². The fourth-order valence-corrected chi connectivity index (χ4v) is 2.93. The van der Waals surface area contributed by atoms with E-state index in [0.29, 0.717) is 0 Å². The van der Waals surface area contributed by atoms with Gasteiger partial charge < -0.3 is 5.11 Å². The van der Waals surface area contributed by atoms with E-state index in [9.17, 15) is 5.11 Å². The summed E-state index contributed by atoms with van der Waals surface area (Å²) < 4.78 is 0. The molecule has 0 aliphatic carbocycles. The zero-order valence-electron chi connectivity index (χ0n) is 13.6. The lowest BCUT2D eigenvalue weighted by Gasteiger charge is -2.09. The van der Waals surface area contributed by atoms with Gasteiger partial charge in [-0.3, -0.25) is 4.99 Å². The summed E-state index contributed by atoms with van der Waals surface area (Å²) in [7, 11) is 0. The van der Waals surface area contributed by atoms with Crippen LogP contribution in [0, 0.1) is 0 Å². The molecule has 0 unspecified atom stereocenters. The molecule has 0 fully saturated rings. The highest BCUT2D eigenvalue weighted by atomic mass is 16.3. The molecule has 1 N–H and O–H groups in total. The van der Waals surface area contributed by atoms with E-state index in [1.54, 1.807) is 12.3 Å². The van der Waals surface area contributed by atoms with Gasteiger partial charge in [0, 0.05) is 11.8 Å². The Balaban J connectivity index is 2.13. The molecular weight excluding hydrogens is 282 g/mol. The average molecular weight is 303 g/mol. The molecule has 3 rings (SSSR count). The fraction of sp³-hybridized carbons (Fsp3) is 0.190. The van der Waals surface area contributed by atoms with Crippen LogP contribution in [0.1, 0.15) is 30.5 Å². The first-order chi connectivity index (χ1) is 11.2. The molecule has 0 radical (unpaired) electrons. The molecule has 0 saturated heterocycles. The van der Waals surface area contributed by atoms with Crippen molar-refractivity contribution in [2.45, 2.75) is 26.7 Å². The highest BCUT2D eigenvalue weighted by Crippen LogP contribution is 2.29. The van der Waals surface area contributed by atoms with E-state index in [4.69, 9.17) is 4.99 Å². The fourth-order valence-electron chi connectivity index (χ4n) is 2.93. The van der Waals surface area contributed by atoms with Gasteiger partial charge in [-0.25, -0.2) is 0 Å². The Bertz CT molecular complexity index is 843. The van der Waals surface area contributed by atoms with Crippen molar-refractivity contribution in [3.8, 4) is 5.75 Å². The van der Waals surface area contributed by atoms with Crippen LogP contribution in [-0.2, 0) is 12.8 Å². The third kappa shape index (κ3) is 2.98. The number of para-hydroxylation sites is 1. The predicted molar refractivity (Wildman–Crippen MR) is 98.1 cm³/mol. The molecule has 2 nitrogen and oxygen atoms in total. The molecule has 2 heteroatoms. The maximum absolute atomic E-state index is 10.2. The van der Waals surface area contributed by atoms with Crippen molar-refractivity contribution in [2.75, 3.05) is 0 Å². The number of nitrogens with zero attached hydrogens (tertiary/aromatic N) is 1. The third-order valence-electron chi connectivity index (χ3n) is 4.24. The Hall–Kier alpha value is -2.61. The van der Waals surface area contributed by atoms with E-state index in [1.165, 1.54) is 11.1 Å². The molecule has 116 valence electrons. The molecule has 3 aromatic rings. The summed E-state index contributed by atoms with van der Waals surface area (Å²) in [5.41, 5.74) is 4.28. The van der Waals surface area contributed by atoms with E-state index >= 15 is 0 Å². The molecule has 0 atom stereocenters. The number of aromatic hydroxyl groups is 1. The number of aliphatic imine (C=N–C) groups is 1. The lowest BCUT2D eigenvalue weighted by Crippen LogP contribution is -1.90. The molecule has 0 bridgehead atoms. The van der Waals surface area contributed by atoms with Crippen molar-refractivity contribution in [3.05, 3.63) is 71.3 Å². The van der Waals surface area contributed by atoms with Crippen LogP contribution >= 0.6 is 0 Å². The van der Waals surface area contributed by atoms with Gasteiger partial charge in [-0.05, 0) is 40.8 Å². The quantitative estimate of drug-likeness (QED) is 0.641. The second-order valence-electron chi connectivity index (χ2n) is 5.61. The van der Waals surface area contributed by atoms with Gasteiger partial charge in [-0.1, -0.05) is 62.4 Å². The number of aryl methyl sites for hydroxylation is 2. The van der Waals surface area contributed by atoms with E-state index in [-0.39, 0.29) is 5.75 Å².